The number of nitrogens with one attached hydrogen (secondary N) is 1. The Morgan fingerprint density at radius 3 is 2.31 bits per heavy atom. The van der Waals surface area contributed by atoms with E-state index in [9.17, 15) is 9.59 Å². The Labute approximate surface area is 168 Å². The summed E-state index contributed by atoms with van der Waals surface area (Å²) in [5.74, 6) is -1.14. The first-order valence-electron chi connectivity index (χ1n) is 9.47. The maximum Gasteiger partial charge on any atom is 0.407 e. The molecule has 0 radical (unpaired) electrons. The second kappa shape index (κ2) is 9.61. The van der Waals surface area contributed by atoms with E-state index in [0.717, 1.165) is 11.1 Å². The summed E-state index contributed by atoms with van der Waals surface area (Å²) in [6, 6.07) is 15.2. The molecule has 0 saturated carbocycles. The topological polar surface area (TPSA) is 124 Å². The molecule has 8 nitrogen and oxygen atoms in total. The molecule has 1 aliphatic carbocycles. The van der Waals surface area contributed by atoms with Gasteiger partial charge in [-0.1, -0.05) is 60.1 Å². The lowest BCUT2D eigenvalue weighted by atomic mass is 9.98. The normalized spacial score (nSPS) is 13.0. The molecule has 1 atom stereocenters. The van der Waals surface area contributed by atoms with Crippen LogP contribution in [0.15, 0.2) is 53.6 Å². The van der Waals surface area contributed by atoms with Crippen LogP contribution in [0.4, 0.5) is 4.79 Å². The number of azide groups is 1. The second-order valence-corrected chi connectivity index (χ2v) is 6.81. The number of ether oxygens (including phenoxy) is 1. The Bertz CT molecular complexity index is 892. The predicted octanol–water partition coefficient (Wildman–Crippen LogP) is 4.46. The largest absolute Gasteiger partial charge is 0.481 e. The Morgan fingerprint density at radius 1 is 1.10 bits per heavy atom. The number of carbonyl (C=O) groups is 2. The Kier molecular flexibility index (Phi) is 6.71. The van der Waals surface area contributed by atoms with Crippen molar-refractivity contribution in [2.45, 2.75) is 31.2 Å². The number of carboxylic acid groups (broad SMARTS) is 1. The van der Waals surface area contributed by atoms with Crippen LogP contribution in [0.25, 0.3) is 21.6 Å². The summed E-state index contributed by atoms with van der Waals surface area (Å²) in [7, 11) is 0. The quantitative estimate of drug-likeness (QED) is 0.282. The zero-order valence-electron chi connectivity index (χ0n) is 15.8. The number of nitrogens with zero attached hydrogens (tertiary/aromatic N) is 3. The van der Waals surface area contributed by atoms with Crippen molar-refractivity contribution >= 4 is 12.1 Å². The number of aliphatic carboxylic acids is 1. The minimum atomic E-state index is -1.15. The summed E-state index contributed by atoms with van der Waals surface area (Å²) in [5, 5.41) is 14.8. The summed E-state index contributed by atoms with van der Waals surface area (Å²) in [5.41, 5.74) is 13.0. The minimum absolute atomic E-state index is 0.00770. The maximum absolute atomic E-state index is 12.0. The van der Waals surface area contributed by atoms with E-state index in [-0.39, 0.29) is 18.9 Å². The summed E-state index contributed by atoms with van der Waals surface area (Å²) >= 11 is 0. The van der Waals surface area contributed by atoms with E-state index in [0.29, 0.717) is 19.4 Å². The van der Waals surface area contributed by atoms with E-state index < -0.39 is 18.1 Å². The van der Waals surface area contributed by atoms with Crippen molar-refractivity contribution in [2.75, 3.05) is 13.2 Å². The van der Waals surface area contributed by atoms with Gasteiger partial charge < -0.3 is 15.2 Å². The van der Waals surface area contributed by atoms with E-state index in [2.05, 4.69) is 39.6 Å². The van der Waals surface area contributed by atoms with Crippen LogP contribution in [0.5, 0.6) is 0 Å². The van der Waals surface area contributed by atoms with Crippen LogP contribution in [0.1, 0.15) is 36.3 Å². The molecule has 8 heteroatoms. The van der Waals surface area contributed by atoms with Gasteiger partial charge in [-0.25, -0.2) is 4.79 Å². The fourth-order valence-corrected chi connectivity index (χ4v) is 3.60. The molecule has 2 aromatic rings. The first kappa shape index (κ1) is 20.2. The first-order valence-corrected chi connectivity index (χ1v) is 9.47. The third-order valence-corrected chi connectivity index (χ3v) is 4.99. The van der Waals surface area contributed by atoms with E-state index >= 15 is 0 Å². The van der Waals surface area contributed by atoms with Crippen LogP contribution >= 0.6 is 0 Å². The van der Waals surface area contributed by atoms with Gasteiger partial charge in [-0.3, -0.25) is 4.79 Å². The van der Waals surface area contributed by atoms with Crippen LogP contribution in [-0.2, 0) is 9.53 Å². The van der Waals surface area contributed by atoms with Crippen molar-refractivity contribution in [2.24, 2.45) is 5.11 Å². The third kappa shape index (κ3) is 4.86. The van der Waals surface area contributed by atoms with Crippen molar-refractivity contribution in [3.63, 3.8) is 0 Å². The van der Waals surface area contributed by atoms with Gasteiger partial charge in [0.05, 0.1) is 0 Å². The molecule has 0 aromatic heterocycles. The van der Waals surface area contributed by atoms with Crippen molar-refractivity contribution in [1.29, 1.82) is 0 Å². The monoisotopic (exact) mass is 394 g/mol. The Morgan fingerprint density at radius 2 is 1.72 bits per heavy atom. The second-order valence-electron chi connectivity index (χ2n) is 6.81. The number of hydrogen-bond donors (Lipinski definition) is 2. The molecule has 1 amide bonds. The SMILES string of the molecule is [N-]=[N+]=N[C@@H](CCCCNC(=O)OCC1c2ccccc2-c2ccccc21)C(=O)O. The molecule has 29 heavy (non-hydrogen) atoms. The predicted molar refractivity (Wildman–Crippen MR) is 107 cm³/mol. The number of hydrogen-bond acceptors (Lipinski definition) is 4. The van der Waals surface area contributed by atoms with Gasteiger partial charge in [0.15, 0.2) is 0 Å². The average molecular weight is 394 g/mol. The summed E-state index contributed by atoms with van der Waals surface area (Å²) in [6.07, 6.45) is 0.803. The molecule has 0 heterocycles. The number of amides is 1. The number of fused-ring (bicyclic) bond motifs is 3. The number of unbranched alkanes of at least 4 members (excludes halogenated alkanes) is 1. The zero-order valence-corrected chi connectivity index (χ0v) is 15.8. The standard InChI is InChI=1S/C21H22N4O4/c22-25-24-19(20(26)27)11-5-6-12-23-21(28)29-13-18-16-9-3-1-7-14(16)15-8-2-4-10-17(15)18/h1-4,7-10,18-19H,5-6,11-13H2,(H,23,28)(H,26,27)/t19-/m0/s1. The van der Waals surface area contributed by atoms with E-state index in [1.54, 1.807) is 0 Å². The highest BCUT2D eigenvalue weighted by atomic mass is 16.5. The summed E-state index contributed by atoms with van der Waals surface area (Å²) in [4.78, 5) is 25.5. The van der Waals surface area contributed by atoms with Crippen molar-refractivity contribution in [1.82, 2.24) is 5.32 Å². The molecule has 0 fully saturated rings. The van der Waals surface area contributed by atoms with Gasteiger partial charge in [0.1, 0.15) is 12.6 Å². The number of alkyl carbamates (subject to hydrolysis) is 1. The molecular weight excluding hydrogens is 372 g/mol. The highest BCUT2D eigenvalue weighted by Crippen LogP contribution is 2.44. The maximum atomic E-state index is 12.0. The lowest BCUT2D eigenvalue weighted by Gasteiger charge is -2.14. The Hall–Kier alpha value is -3.51. The fraction of sp³-hybridized carbons (Fsp3) is 0.333. The van der Waals surface area contributed by atoms with Gasteiger partial charge in [0, 0.05) is 17.4 Å². The molecule has 0 aliphatic heterocycles. The fourth-order valence-electron chi connectivity index (χ4n) is 3.60. The molecule has 3 rings (SSSR count). The molecule has 2 aromatic carbocycles. The number of carbonyl (C=O) groups excluding carboxylic acids is 1. The number of benzene rings is 2. The number of carboxylic acids is 1. The highest BCUT2D eigenvalue weighted by molar-refractivity contribution is 5.79. The van der Waals surface area contributed by atoms with Gasteiger partial charge in [-0.2, -0.15) is 0 Å². The number of rotatable bonds is 9. The smallest absolute Gasteiger partial charge is 0.407 e. The lowest BCUT2D eigenvalue weighted by molar-refractivity contribution is -0.138. The van der Waals surface area contributed by atoms with E-state index in [1.165, 1.54) is 11.1 Å². The summed E-state index contributed by atoms with van der Waals surface area (Å²) < 4.78 is 5.43. The third-order valence-electron chi connectivity index (χ3n) is 4.99. The molecular formula is C21H22N4O4. The van der Waals surface area contributed by atoms with E-state index in [4.69, 9.17) is 15.4 Å². The molecule has 0 bridgehead atoms. The van der Waals surface area contributed by atoms with Crippen LogP contribution < -0.4 is 5.32 Å². The van der Waals surface area contributed by atoms with Crippen molar-refractivity contribution in [3.05, 3.63) is 70.1 Å². The molecule has 0 spiro atoms. The van der Waals surface area contributed by atoms with Crippen LogP contribution in [0, 0.1) is 0 Å². The zero-order chi connectivity index (χ0) is 20.6. The molecule has 0 unspecified atom stereocenters. The highest BCUT2D eigenvalue weighted by Gasteiger charge is 2.28. The molecule has 2 N–H and O–H groups in total. The van der Waals surface area contributed by atoms with Gasteiger partial charge >= 0.3 is 12.1 Å². The van der Waals surface area contributed by atoms with Gasteiger partial charge in [-0.05, 0) is 40.6 Å². The average Bonchev–Trinajstić information content (AvgIpc) is 3.05. The van der Waals surface area contributed by atoms with Crippen molar-refractivity contribution in [3.8, 4) is 11.1 Å². The first-order chi connectivity index (χ1) is 14.1. The van der Waals surface area contributed by atoms with Crippen molar-refractivity contribution < 1.29 is 19.4 Å². The van der Waals surface area contributed by atoms with Gasteiger partial charge in [0.2, 0.25) is 0 Å². The molecule has 0 saturated heterocycles. The molecule has 1 aliphatic rings. The lowest BCUT2D eigenvalue weighted by Crippen LogP contribution is -2.27. The van der Waals surface area contributed by atoms with Crippen LogP contribution in [0.2, 0.25) is 0 Å². The minimum Gasteiger partial charge on any atom is -0.481 e. The van der Waals surface area contributed by atoms with Gasteiger partial charge in [0.25, 0.3) is 0 Å². The van der Waals surface area contributed by atoms with Crippen LogP contribution in [-0.4, -0.2) is 36.4 Å². The van der Waals surface area contributed by atoms with Crippen LogP contribution in [0.3, 0.4) is 0 Å². The Balaban J connectivity index is 1.46. The molecule has 150 valence electrons. The van der Waals surface area contributed by atoms with Gasteiger partial charge in [-0.15, -0.1) is 0 Å². The summed E-state index contributed by atoms with van der Waals surface area (Å²) in [6.45, 7) is 0.608. The van der Waals surface area contributed by atoms with E-state index in [1.807, 2.05) is 24.3 Å².